The van der Waals surface area contributed by atoms with Gasteiger partial charge in [0.05, 0.1) is 23.1 Å². The SMILES string of the molecule is CC(C)CC(C(=O)O)c1ccc(NC(=O)[C@@H]2N[C@@H](CC(C)(C)C)[C@](C#N)(c3ccc(Cl)cc3F)[C@H]2c2cccc(Cl)c2F)cc1. The van der Waals surface area contributed by atoms with Crippen LogP contribution in [0.5, 0.6) is 0 Å². The van der Waals surface area contributed by atoms with Crippen LogP contribution in [-0.2, 0) is 15.0 Å². The summed E-state index contributed by atoms with van der Waals surface area (Å²) in [6.45, 7) is 9.78. The quantitative estimate of drug-likeness (QED) is 0.215. The number of halogens is 4. The van der Waals surface area contributed by atoms with Crippen molar-refractivity contribution in [2.24, 2.45) is 11.3 Å². The zero-order chi connectivity index (χ0) is 33.3. The van der Waals surface area contributed by atoms with Crippen LogP contribution in [0.1, 0.15) is 76.0 Å². The van der Waals surface area contributed by atoms with Gasteiger partial charge in [-0.25, -0.2) is 8.78 Å². The fourth-order valence-electron chi connectivity index (χ4n) is 6.43. The highest BCUT2D eigenvalue weighted by atomic mass is 35.5. The van der Waals surface area contributed by atoms with Crippen LogP contribution in [-0.4, -0.2) is 29.1 Å². The molecular weight excluding hydrogens is 619 g/mol. The zero-order valence-electron chi connectivity index (χ0n) is 25.8. The Balaban J connectivity index is 1.83. The maximum Gasteiger partial charge on any atom is 0.310 e. The van der Waals surface area contributed by atoms with E-state index in [1.54, 1.807) is 24.3 Å². The second-order valence-corrected chi connectivity index (χ2v) is 14.2. The molecule has 1 saturated heterocycles. The van der Waals surface area contributed by atoms with Crippen molar-refractivity contribution in [3.05, 3.63) is 99.0 Å². The largest absolute Gasteiger partial charge is 0.481 e. The summed E-state index contributed by atoms with van der Waals surface area (Å²) in [5.41, 5.74) is -1.16. The van der Waals surface area contributed by atoms with Gasteiger partial charge in [-0.1, -0.05) is 88.2 Å². The minimum absolute atomic E-state index is 0.00390. The molecule has 1 fully saturated rings. The number of carboxylic acid groups (broad SMARTS) is 1. The monoisotopic (exact) mass is 655 g/mol. The van der Waals surface area contributed by atoms with Gasteiger partial charge in [-0.2, -0.15) is 5.26 Å². The van der Waals surface area contributed by atoms with Gasteiger partial charge in [0.15, 0.2) is 0 Å². The molecule has 0 saturated carbocycles. The van der Waals surface area contributed by atoms with E-state index in [0.717, 1.165) is 6.07 Å². The molecule has 1 unspecified atom stereocenters. The summed E-state index contributed by atoms with van der Waals surface area (Å²) in [7, 11) is 0. The first kappa shape index (κ1) is 34.4. The summed E-state index contributed by atoms with van der Waals surface area (Å²) in [4.78, 5) is 26.0. The van der Waals surface area contributed by atoms with Gasteiger partial charge in [-0.3, -0.25) is 9.59 Å². The number of rotatable bonds is 9. The molecule has 1 aliphatic rings. The van der Waals surface area contributed by atoms with Crippen molar-refractivity contribution in [3.8, 4) is 6.07 Å². The molecule has 0 radical (unpaired) electrons. The number of carboxylic acids is 1. The lowest BCUT2D eigenvalue weighted by molar-refractivity contribution is -0.139. The summed E-state index contributed by atoms with van der Waals surface area (Å²) < 4.78 is 31.7. The molecule has 5 atom stereocenters. The third kappa shape index (κ3) is 7.17. The molecule has 0 spiro atoms. The van der Waals surface area contributed by atoms with Crippen LogP contribution in [0.25, 0.3) is 0 Å². The third-order valence-electron chi connectivity index (χ3n) is 8.32. The molecule has 0 aromatic heterocycles. The Hall–Kier alpha value is -3.51. The molecule has 0 bridgehead atoms. The van der Waals surface area contributed by atoms with E-state index in [-0.39, 0.29) is 32.5 Å². The van der Waals surface area contributed by atoms with Gasteiger partial charge in [-0.15, -0.1) is 0 Å². The summed E-state index contributed by atoms with van der Waals surface area (Å²) in [5, 5.41) is 26.8. The summed E-state index contributed by atoms with van der Waals surface area (Å²) in [6, 6.07) is 15.2. The number of aliphatic carboxylic acids is 1. The minimum Gasteiger partial charge on any atom is -0.481 e. The standard InChI is InChI=1S/C35H37Cl2F2N3O3/c1-19(2)15-24(33(44)45)20-9-12-22(13-10-20)41-32(43)31-29(23-7-6-8-26(37)30(23)39)35(18-40,28(42-31)17-34(3,4)5)25-14-11-21(36)16-27(25)38/h6-14,16,19,24,28-29,31,42H,15,17H2,1-5H3,(H,41,43)(H,44,45)/t24?,28-,29-,31+,35-/m0/s1. The molecule has 238 valence electrons. The lowest BCUT2D eigenvalue weighted by Crippen LogP contribution is -2.45. The minimum atomic E-state index is -1.75. The summed E-state index contributed by atoms with van der Waals surface area (Å²) in [5.74, 6) is -4.80. The van der Waals surface area contributed by atoms with Crippen LogP contribution < -0.4 is 10.6 Å². The maximum absolute atomic E-state index is 15.9. The Morgan fingerprint density at radius 3 is 2.31 bits per heavy atom. The van der Waals surface area contributed by atoms with Crippen molar-refractivity contribution in [3.63, 3.8) is 0 Å². The van der Waals surface area contributed by atoms with Crippen LogP contribution in [0.3, 0.4) is 0 Å². The van der Waals surface area contributed by atoms with Crippen molar-refractivity contribution in [2.75, 3.05) is 5.32 Å². The number of amides is 1. The molecule has 6 nitrogen and oxygen atoms in total. The van der Waals surface area contributed by atoms with Crippen LogP contribution >= 0.6 is 23.2 Å². The predicted molar refractivity (Wildman–Crippen MR) is 173 cm³/mol. The molecule has 3 N–H and O–H groups in total. The van der Waals surface area contributed by atoms with Crippen molar-refractivity contribution in [2.45, 2.75) is 76.8 Å². The van der Waals surface area contributed by atoms with Crippen LogP contribution in [0.15, 0.2) is 60.7 Å². The van der Waals surface area contributed by atoms with Gasteiger partial charge in [0.1, 0.15) is 17.0 Å². The molecular formula is C35H37Cl2F2N3O3. The lowest BCUT2D eigenvalue weighted by Gasteiger charge is -2.37. The number of hydrogen-bond donors (Lipinski definition) is 3. The summed E-state index contributed by atoms with van der Waals surface area (Å²) >= 11 is 12.3. The van der Waals surface area contributed by atoms with Gasteiger partial charge in [0.25, 0.3) is 0 Å². The molecule has 10 heteroatoms. The van der Waals surface area contributed by atoms with Crippen molar-refractivity contribution >= 4 is 40.8 Å². The van der Waals surface area contributed by atoms with Gasteiger partial charge in [-0.05, 0) is 65.6 Å². The average molecular weight is 657 g/mol. The molecule has 1 amide bonds. The predicted octanol–water partition coefficient (Wildman–Crippen LogP) is 8.45. The fraction of sp³-hybridized carbons (Fsp3) is 0.400. The third-order valence-corrected chi connectivity index (χ3v) is 8.84. The van der Waals surface area contributed by atoms with E-state index in [9.17, 15) is 20.0 Å². The van der Waals surface area contributed by atoms with E-state index in [2.05, 4.69) is 16.7 Å². The van der Waals surface area contributed by atoms with Crippen molar-refractivity contribution in [1.29, 1.82) is 5.26 Å². The molecule has 3 aromatic rings. The Bertz CT molecular complexity index is 1620. The number of anilines is 1. The number of nitriles is 1. The smallest absolute Gasteiger partial charge is 0.310 e. The number of nitrogens with one attached hydrogen (secondary N) is 2. The van der Waals surface area contributed by atoms with E-state index in [1.165, 1.54) is 30.3 Å². The van der Waals surface area contributed by atoms with E-state index >= 15 is 8.78 Å². The topological polar surface area (TPSA) is 102 Å². The van der Waals surface area contributed by atoms with Crippen LogP contribution in [0, 0.1) is 34.3 Å². The zero-order valence-corrected chi connectivity index (χ0v) is 27.3. The first-order valence-electron chi connectivity index (χ1n) is 14.8. The van der Waals surface area contributed by atoms with Gasteiger partial charge in [0.2, 0.25) is 5.91 Å². The van der Waals surface area contributed by atoms with Gasteiger partial charge in [0, 0.05) is 28.2 Å². The molecule has 45 heavy (non-hydrogen) atoms. The molecule has 1 heterocycles. The van der Waals surface area contributed by atoms with Crippen molar-refractivity contribution in [1.82, 2.24) is 5.32 Å². The molecule has 3 aromatic carbocycles. The van der Waals surface area contributed by atoms with Crippen LogP contribution in [0.4, 0.5) is 14.5 Å². The van der Waals surface area contributed by atoms with Crippen LogP contribution in [0.2, 0.25) is 10.0 Å². The highest BCUT2D eigenvalue weighted by Gasteiger charge is 2.61. The molecule has 1 aliphatic heterocycles. The molecule has 0 aliphatic carbocycles. The number of nitrogens with zero attached hydrogens (tertiary/aromatic N) is 1. The number of hydrogen-bond acceptors (Lipinski definition) is 4. The highest BCUT2D eigenvalue weighted by Crippen LogP contribution is 2.53. The fourth-order valence-corrected chi connectivity index (χ4v) is 6.77. The first-order valence-corrected chi connectivity index (χ1v) is 15.5. The van der Waals surface area contributed by atoms with E-state index < -0.39 is 52.8 Å². The maximum atomic E-state index is 15.9. The Morgan fingerprint density at radius 1 is 1.09 bits per heavy atom. The Labute approximate surface area is 272 Å². The van der Waals surface area contributed by atoms with E-state index in [4.69, 9.17) is 23.2 Å². The first-order chi connectivity index (χ1) is 21.1. The number of carbonyl (C=O) groups excluding carboxylic acids is 1. The number of carbonyl (C=O) groups is 2. The van der Waals surface area contributed by atoms with Gasteiger partial charge < -0.3 is 15.7 Å². The van der Waals surface area contributed by atoms with E-state index in [1.807, 2.05) is 34.6 Å². The Kier molecular flexibility index (Phi) is 10.3. The molecule has 4 rings (SSSR count). The van der Waals surface area contributed by atoms with Gasteiger partial charge >= 0.3 is 5.97 Å². The van der Waals surface area contributed by atoms with Crippen molar-refractivity contribution < 1.29 is 23.5 Å². The van der Waals surface area contributed by atoms with E-state index in [0.29, 0.717) is 24.1 Å². The normalized spacial score (nSPS) is 22.2. The second kappa shape index (κ2) is 13.5. The highest BCUT2D eigenvalue weighted by molar-refractivity contribution is 6.31. The Morgan fingerprint density at radius 2 is 1.76 bits per heavy atom. The lowest BCUT2D eigenvalue weighted by atomic mass is 9.62. The number of benzene rings is 3. The summed E-state index contributed by atoms with van der Waals surface area (Å²) in [6.07, 6.45) is 0.790. The second-order valence-electron chi connectivity index (χ2n) is 13.3. The average Bonchev–Trinajstić information content (AvgIpc) is 3.26.